The van der Waals surface area contributed by atoms with Crippen LogP contribution in [0.25, 0.3) is 11.1 Å². The Morgan fingerprint density at radius 2 is 1.96 bits per heavy atom. The van der Waals surface area contributed by atoms with Crippen molar-refractivity contribution < 1.29 is 9.53 Å². The monoisotopic (exact) mass is 349 g/mol. The number of ether oxygens (including phenoxy) is 1. The molecule has 0 saturated carbocycles. The Kier molecular flexibility index (Phi) is 5.07. The van der Waals surface area contributed by atoms with E-state index >= 15 is 0 Å². The Hall–Kier alpha value is -3.08. The number of carbonyl (C=O) groups excluding carboxylic acids is 1. The van der Waals surface area contributed by atoms with Crippen molar-refractivity contribution in [1.82, 2.24) is 15.1 Å². The minimum absolute atomic E-state index is 0.0821. The van der Waals surface area contributed by atoms with Crippen LogP contribution in [0.15, 0.2) is 54.9 Å². The van der Waals surface area contributed by atoms with E-state index in [1.54, 1.807) is 11.8 Å². The Balaban J connectivity index is 1.88. The topological polar surface area (TPSA) is 56.1 Å². The highest BCUT2D eigenvalue weighted by Crippen LogP contribution is 2.28. The molecule has 0 spiro atoms. The van der Waals surface area contributed by atoms with Gasteiger partial charge in [0.1, 0.15) is 5.75 Å². The quantitative estimate of drug-likeness (QED) is 0.760. The third kappa shape index (κ3) is 3.77. The first-order valence-corrected chi connectivity index (χ1v) is 8.52. The van der Waals surface area contributed by atoms with E-state index in [-0.39, 0.29) is 11.9 Å². The Bertz CT molecular complexity index is 931. The minimum atomic E-state index is -0.160. The lowest BCUT2D eigenvalue weighted by molar-refractivity contribution is 0.0939. The van der Waals surface area contributed by atoms with Crippen LogP contribution in [0, 0.1) is 6.92 Å². The predicted octanol–water partition coefficient (Wildman–Crippen LogP) is 3.90. The van der Waals surface area contributed by atoms with E-state index in [2.05, 4.69) is 16.5 Å². The highest BCUT2D eigenvalue weighted by molar-refractivity contribution is 5.95. The van der Waals surface area contributed by atoms with Gasteiger partial charge in [-0.25, -0.2) is 0 Å². The van der Waals surface area contributed by atoms with Crippen molar-refractivity contribution in [3.63, 3.8) is 0 Å². The van der Waals surface area contributed by atoms with Crippen molar-refractivity contribution in [3.05, 3.63) is 71.5 Å². The molecule has 0 fully saturated rings. The maximum atomic E-state index is 12.6. The van der Waals surface area contributed by atoms with Crippen molar-refractivity contribution in [2.24, 2.45) is 7.05 Å². The van der Waals surface area contributed by atoms with Gasteiger partial charge in [0.05, 0.1) is 19.3 Å². The fourth-order valence-electron chi connectivity index (χ4n) is 2.91. The lowest BCUT2D eigenvalue weighted by Gasteiger charge is -2.17. The predicted molar refractivity (Wildman–Crippen MR) is 102 cm³/mol. The van der Waals surface area contributed by atoms with E-state index < -0.39 is 0 Å². The van der Waals surface area contributed by atoms with E-state index in [0.717, 1.165) is 28.0 Å². The van der Waals surface area contributed by atoms with Crippen molar-refractivity contribution in [2.45, 2.75) is 19.9 Å². The van der Waals surface area contributed by atoms with Gasteiger partial charge in [0.25, 0.3) is 5.91 Å². The normalized spacial score (nSPS) is 11.8. The molecule has 5 heteroatoms. The molecule has 1 heterocycles. The summed E-state index contributed by atoms with van der Waals surface area (Å²) in [6.45, 7) is 3.91. The first-order valence-electron chi connectivity index (χ1n) is 8.52. The first-order chi connectivity index (χ1) is 12.5. The molecule has 0 aliphatic heterocycles. The van der Waals surface area contributed by atoms with Crippen molar-refractivity contribution in [2.75, 3.05) is 7.11 Å². The first kappa shape index (κ1) is 17.7. The molecule has 26 heavy (non-hydrogen) atoms. The van der Waals surface area contributed by atoms with Gasteiger partial charge in [0.2, 0.25) is 0 Å². The second-order valence-electron chi connectivity index (χ2n) is 6.41. The third-order valence-electron chi connectivity index (χ3n) is 4.44. The molecule has 0 unspecified atom stereocenters. The van der Waals surface area contributed by atoms with E-state index in [4.69, 9.17) is 4.74 Å². The largest absolute Gasteiger partial charge is 0.497 e. The number of nitrogens with one attached hydrogen (secondary N) is 1. The zero-order chi connectivity index (χ0) is 18.7. The van der Waals surface area contributed by atoms with Gasteiger partial charge >= 0.3 is 0 Å². The third-order valence-corrected chi connectivity index (χ3v) is 4.44. The number of nitrogens with zero attached hydrogens (tertiary/aromatic N) is 2. The number of amides is 1. The Morgan fingerprint density at radius 3 is 2.62 bits per heavy atom. The summed E-state index contributed by atoms with van der Waals surface area (Å²) in [6.07, 6.45) is 3.77. The molecule has 1 atom stereocenters. The number of benzene rings is 2. The van der Waals surface area contributed by atoms with Gasteiger partial charge in [0.15, 0.2) is 0 Å². The second kappa shape index (κ2) is 7.44. The number of rotatable bonds is 5. The van der Waals surface area contributed by atoms with Crippen molar-refractivity contribution in [1.29, 1.82) is 0 Å². The molecule has 1 N–H and O–H groups in total. The van der Waals surface area contributed by atoms with Gasteiger partial charge in [-0.1, -0.05) is 18.2 Å². The molecule has 2 aromatic carbocycles. The van der Waals surface area contributed by atoms with Crippen molar-refractivity contribution in [3.8, 4) is 16.9 Å². The number of aryl methyl sites for hydroxylation is 2. The van der Waals surface area contributed by atoms with E-state index in [1.165, 1.54) is 0 Å². The van der Waals surface area contributed by atoms with Gasteiger partial charge < -0.3 is 10.1 Å². The summed E-state index contributed by atoms with van der Waals surface area (Å²) in [5.74, 6) is 0.666. The average molecular weight is 349 g/mol. The van der Waals surface area contributed by atoms with Crippen LogP contribution >= 0.6 is 0 Å². The molecular formula is C21H23N3O2. The molecule has 0 aliphatic rings. The zero-order valence-corrected chi connectivity index (χ0v) is 15.5. The number of methoxy groups -OCH3 is 1. The second-order valence-corrected chi connectivity index (χ2v) is 6.41. The van der Waals surface area contributed by atoms with Crippen LogP contribution in [-0.2, 0) is 7.05 Å². The van der Waals surface area contributed by atoms with Gasteiger partial charge in [-0.2, -0.15) is 5.10 Å². The van der Waals surface area contributed by atoms with Crippen molar-refractivity contribution >= 4 is 5.91 Å². The van der Waals surface area contributed by atoms with E-state index in [0.29, 0.717) is 5.56 Å². The molecule has 5 nitrogen and oxygen atoms in total. The van der Waals surface area contributed by atoms with Gasteiger partial charge in [-0.05, 0) is 54.8 Å². The molecule has 0 saturated heterocycles. The molecule has 3 aromatic rings. The summed E-state index contributed by atoms with van der Waals surface area (Å²) >= 11 is 0. The molecule has 134 valence electrons. The lowest BCUT2D eigenvalue weighted by Crippen LogP contribution is -2.27. The summed E-state index contributed by atoms with van der Waals surface area (Å²) < 4.78 is 7.20. The highest BCUT2D eigenvalue weighted by atomic mass is 16.5. The number of hydrogen-bond acceptors (Lipinski definition) is 3. The number of hydrogen-bond donors (Lipinski definition) is 1. The highest BCUT2D eigenvalue weighted by Gasteiger charge is 2.15. The molecule has 0 radical (unpaired) electrons. The maximum Gasteiger partial charge on any atom is 0.252 e. The lowest BCUT2D eigenvalue weighted by atomic mass is 10.0. The smallest absolute Gasteiger partial charge is 0.252 e. The summed E-state index contributed by atoms with van der Waals surface area (Å²) in [5, 5.41) is 7.30. The summed E-state index contributed by atoms with van der Waals surface area (Å²) in [4.78, 5) is 12.6. The van der Waals surface area contributed by atoms with Crippen LogP contribution in [0.5, 0.6) is 5.75 Å². The molecule has 3 rings (SSSR count). The van der Waals surface area contributed by atoms with Gasteiger partial charge in [0, 0.05) is 24.4 Å². The van der Waals surface area contributed by atoms with Crippen LogP contribution in [-0.4, -0.2) is 22.8 Å². The SMILES string of the molecule is COc1cc(-c2cnn(C)c2)cc([C@@H](C)NC(=O)c2ccccc2C)c1. The molecule has 0 aliphatic carbocycles. The molecule has 1 amide bonds. The van der Waals surface area contributed by atoms with Gasteiger partial charge in [-0.3, -0.25) is 9.48 Å². The van der Waals surface area contributed by atoms with Crippen LogP contribution in [0.4, 0.5) is 0 Å². The maximum absolute atomic E-state index is 12.6. The fourth-order valence-corrected chi connectivity index (χ4v) is 2.91. The molecule has 0 bridgehead atoms. The Labute approximate surface area is 153 Å². The van der Waals surface area contributed by atoms with Crippen LogP contribution in [0.1, 0.15) is 34.5 Å². The zero-order valence-electron chi connectivity index (χ0n) is 15.5. The minimum Gasteiger partial charge on any atom is -0.497 e. The summed E-state index contributed by atoms with van der Waals surface area (Å²) in [6, 6.07) is 13.4. The molecule has 1 aromatic heterocycles. The Morgan fingerprint density at radius 1 is 1.19 bits per heavy atom. The molecular weight excluding hydrogens is 326 g/mol. The standard InChI is InChI=1S/C21H23N3O2/c1-14-7-5-6-8-20(14)21(25)23-15(2)16-9-17(11-19(10-16)26-4)18-12-22-24(3)13-18/h5-13,15H,1-4H3,(H,23,25)/t15-/m1/s1. The van der Waals surface area contributed by atoms with E-state index in [1.807, 2.05) is 69.7 Å². The van der Waals surface area contributed by atoms with Gasteiger partial charge in [-0.15, -0.1) is 0 Å². The van der Waals surface area contributed by atoms with Crippen LogP contribution in [0.2, 0.25) is 0 Å². The van der Waals surface area contributed by atoms with Crippen LogP contribution in [0.3, 0.4) is 0 Å². The fraction of sp³-hybridized carbons (Fsp3) is 0.238. The average Bonchev–Trinajstić information content (AvgIpc) is 3.08. The van der Waals surface area contributed by atoms with Crippen LogP contribution < -0.4 is 10.1 Å². The number of aromatic nitrogens is 2. The van der Waals surface area contributed by atoms with E-state index in [9.17, 15) is 4.79 Å². The summed E-state index contributed by atoms with van der Waals surface area (Å²) in [7, 11) is 3.53. The number of carbonyl (C=O) groups is 1. The summed E-state index contributed by atoms with van der Waals surface area (Å²) in [5.41, 5.74) is 4.63.